The third kappa shape index (κ3) is 2.23. The van der Waals surface area contributed by atoms with Crippen LogP contribution in [0.25, 0.3) is 0 Å². The van der Waals surface area contributed by atoms with Gasteiger partial charge in [-0.1, -0.05) is 12.2 Å². The van der Waals surface area contributed by atoms with E-state index in [4.69, 9.17) is 0 Å². The van der Waals surface area contributed by atoms with Crippen molar-refractivity contribution in [1.82, 2.24) is 9.80 Å². The van der Waals surface area contributed by atoms with Crippen molar-refractivity contribution in [3.8, 4) is 0 Å². The zero-order valence-electron chi connectivity index (χ0n) is 10.7. The van der Waals surface area contributed by atoms with Crippen molar-refractivity contribution in [2.45, 2.75) is 19.3 Å². The summed E-state index contributed by atoms with van der Waals surface area (Å²) in [5, 5.41) is 0. The molecule has 0 aromatic carbocycles. The zero-order valence-corrected chi connectivity index (χ0v) is 10.7. The van der Waals surface area contributed by atoms with Crippen LogP contribution in [0.1, 0.15) is 19.3 Å². The van der Waals surface area contributed by atoms with E-state index >= 15 is 0 Å². The quantitative estimate of drug-likeness (QED) is 0.430. The van der Waals surface area contributed by atoms with Gasteiger partial charge < -0.3 is 4.90 Å². The van der Waals surface area contributed by atoms with Gasteiger partial charge in [-0.3, -0.25) is 19.3 Å². The van der Waals surface area contributed by atoms with E-state index in [0.29, 0.717) is 30.7 Å². The summed E-state index contributed by atoms with van der Waals surface area (Å²) in [5.74, 6) is -0.557. The summed E-state index contributed by atoms with van der Waals surface area (Å²) >= 11 is 0. The van der Waals surface area contributed by atoms with Crippen LogP contribution in [-0.4, -0.2) is 40.6 Å². The molecule has 0 atom stereocenters. The van der Waals surface area contributed by atoms with Crippen molar-refractivity contribution in [2.75, 3.05) is 13.1 Å². The molecule has 0 aliphatic carbocycles. The Morgan fingerprint density at radius 1 is 0.947 bits per heavy atom. The minimum absolute atomic E-state index is 0.0233. The number of imide groups is 1. The lowest BCUT2D eigenvalue weighted by molar-refractivity contribution is -0.136. The summed E-state index contributed by atoms with van der Waals surface area (Å²) in [7, 11) is 0. The van der Waals surface area contributed by atoms with Crippen molar-refractivity contribution in [2.24, 2.45) is 0 Å². The highest BCUT2D eigenvalue weighted by Gasteiger charge is 2.38. The zero-order chi connectivity index (χ0) is 14.0. The number of carbonyl (C=O) groups excluding carboxylic acids is 3. The monoisotopic (exact) mass is 260 g/mol. The summed E-state index contributed by atoms with van der Waals surface area (Å²) in [6, 6.07) is 0. The highest BCUT2D eigenvalue weighted by molar-refractivity contribution is 6.14. The van der Waals surface area contributed by atoms with Crippen molar-refractivity contribution in [1.29, 1.82) is 0 Å². The van der Waals surface area contributed by atoms with Gasteiger partial charge in [0.25, 0.3) is 5.91 Å². The van der Waals surface area contributed by atoms with Gasteiger partial charge in [0.15, 0.2) is 0 Å². The van der Waals surface area contributed by atoms with E-state index < -0.39 is 0 Å². The molecule has 2 aliphatic heterocycles. The smallest absolute Gasteiger partial charge is 0.258 e. The lowest BCUT2D eigenvalue weighted by Crippen LogP contribution is -2.30. The highest BCUT2D eigenvalue weighted by atomic mass is 16.2. The first-order valence-electron chi connectivity index (χ1n) is 6.19. The predicted molar refractivity (Wildman–Crippen MR) is 69.7 cm³/mol. The molecule has 0 N–H and O–H groups in total. The van der Waals surface area contributed by atoms with Crippen LogP contribution in [0.4, 0.5) is 0 Å². The molecule has 0 saturated carbocycles. The Morgan fingerprint density at radius 3 is 2.21 bits per heavy atom. The lowest BCUT2D eigenvalue weighted by Gasteiger charge is -2.17. The van der Waals surface area contributed by atoms with Gasteiger partial charge in [0.1, 0.15) is 0 Å². The number of hydrogen-bond acceptors (Lipinski definition) is 3. The first-order chi connectivity index (χ1) is 9.10. The van der Waals surface area contributed by atoms with Crippen LogP contribution >= 0.6 is 0 Å². The third-order valence-electron chi connectivity index (χ3n) is 3.31. The number of allylic oxidation sites excluding steroid dienone is 1. The molecule has 100 valence electrons. The van der Waals surface area contributed by atoms with E-state index in [2.05, 4.69) is 13.2 Å². The van der Waals surface area contributed by atoms with Crippen LogP contribution in [-0.2, 0) is 14.4 Å². The van der Waals surface area contributed by atoms with Crippen LogP contribution in [0.3, 0.4) is 0 Å². The Hall–Kier alpha value is -2.17. The van der Waals surface area contributed by atoms with Crippen molar-refractivity contribution < 1.29 is 14.4 Å². The molecule has 3 amide bonds. The van der Waals surface area contributed by atoms with E-state index in [9.17, 15) is 14.4 Å². The molecule has 5 heteroatoms. The fourth-order valence-corrected chi connectivity index (χ4v) is 2.44. The Labute approximate surface area is 111 Å². The molecule has 0 unspecified atom stereocenters. The van der Waals surface area contributed by atoms with Crippen LogP contribution in [0.15, 0.2) is 36.6 Å². The number of likely N-dealkylation sites (tertiary alicyclic amines) is 2. The first kappa shape index (κ1) is 13.3. The number of amides is 3. The Kier molecular flexibility index (Phi) is 3.64. The fraction of sp³-hybridized carbons (Fsp3) is 0.357. The molecule has 0 aromatic heterocycles. The maximum Gasteiger partial charge on any atom is 0.258 e. The van der Waals surface area contributed by atoms with Crippen LogP contribution in [0.5, 0.6) is 0 Å². The third-order valence-corrected chi connectivity index (χ3v) is 3.31. The van der Waals surface area contributed by atoms with Gasteiger partial charge in [0, 0.05) is 30.8 Å². The number of hydrogen-bond donors (Lipinski definition) is 0. The molecule has 2 fully saturated rings. The highest BCUT2D eigenvalue weighted by Crippen LogP contribution is 2.31. The average Bonchev–Trinajstić information content (AvgIpc) is 2.86. The van der Waals surface area contributed by atoms with Crippen molar-refractivity contribution in [3.05, 3.63) is 36.6 Å². The second kappa shape index (κ2) is 5.22. The first-order valence-corrected chi connectivity index (χ1v) is 6.19. The van der Waals surface area contributed by atoms with Gasteiger partial charge in [-0.25, -0.2) is 0 Å². The normalized spacial score (nSPS) is 23.5. The van der Waals surface area contributed by atoms with Gasteiger partial charge >= 0.3 is 0 Å². The Morgan fingerprint density at radius 2 is 1.58 bits per heavy atom. The molecular weight excluding hydrogens is 244 g/mol. The molecule has 19 heavy (non-hydrogen) atoms. The van der Waals surface area contributed by atoms with E-state index in [1.807, 2.05) is 0 Å². The largest absolute Gasteiger partial charge is 0.312 e. The van der Waals surface area contributed by atoms with Crippen LogP contribution in [0.2, 0.25) is 0 Å². The van der Waals surface area contributed by atoms with Gasteiger partial charge in [-0.05, 0) is 6.42 Å². The Bertz CT molecular complexity index is 505. The molecular formula is C14H16N2O3. The van der Waals surface area contributed by atoms with E-state index in [0.717, 1.165) is 0 Å². The SMILES string of the molecule is C=CCN1C(=O)CC(=C2CCC(=O)N2CC=C)C1=O. The van der Waals surface area contributed by atoms with E-state index in [-0.39, 0.29) is 30.7 Å². The molecule has 0 radical (unpaired) electrons. The molecule has 2 rings (SSSR count). The molecule has 0 aromatic rings. The van der Waals surface area contributed by atoms with E-state index in [1.165, 1.54) is 11.0 Å². The second-order valence-corrected chi connectivity index (χ2v) is 4.49. The van der Waals surface area contributed by atoms with Crippen molar-refractivity contribution in [3.63, 3.8) is 0 Å². The number of rotatable bonds is 4. The lowest BCUT2D eigenvalue weighted by atomic mass is 10.1. The summed E-state index contributed by atoms with van der Waals surface area (Å²) in [5.41, 5.74) is 1.12. The van der Waals surface area contributed by atoms with Crippen molar-refractivity contribution >= 4 is 17.7 Å². The average molecular weight is 260 g/mol. The molecule has 2 aliphatic rings. The maximum absolute atomic E-state index is 12.2. The minimum Gasteiger partial charge on any atom is -0.312 e. The van der Waals surface area contributed by atoms with Crippen LogP contribution in [0, 0.1) is 0 Å². The van der Waals surface area contributed by atoms with E-state index in [1.54, 1.807) is 11.0 Å². The minimum atomic E-state index is -0.302. The maximum atomic E-state index is 12.2. The van der Waals surface area contributed by atoms with Gasteiger partial charge in [-0.15, -0.1) is 13.2 Å². The van der Waals surface area contributed by atoms with Gasteiger partial charge in [0.2, 0.25) is 11.8 Å². The summed E-state index contributed by atoms with van der Waals surface area (Å²) < 4.78 is 0. The van der Waals surface area contributed by atoms with Gasteiger partial charge in [-0.2, -0.15) is 0 Å². The topological polar surface area (TPSA) is 57.7 Å². The molecule has 2 heterocycles. The molecule has 0 spiro atoms. The number of nitrogens with zero attached hydrogens (tertiary/aromatic N) is 2. The summed E-state index contributed by atoms with van der Waals surface area (Å²) in [6.07, 6.45) is 4.11. The standard InChI is InChI=1S/C14H16N2O3/c1-3-7-15-11(5-6-12(15)17)10-9-13(18)16(8-4-2)14(10)19/h3-4H,1-2,5-9H2. The summed E-state index contributed by atoms with van der Waals surface area (Å²) in [4.78, 5) is 38.4. The van der Waals surface area contributed by atoms with Gasteiger partial charge in [0.05, 0.1) is 6.42 Å². The molecule has 0 bridgehead atoms. The second-order valence-electron chi connectivity index (χ2n) is 4.49. The predicted octanol–water partition coefficient (Wildman–Crippen LogP) is 0.994. The molecule has 5 nitrogen and oxygen atoms in total. The Balaban J connectivity index is 2.34. The molecule has 2 saturated heterocycles. The summed E-state index contributed by atoms with van der Waals surface area (Å²) in [6.45, 7) is 7.73. The number of carbonyl (C=O) groups is 3. The fourth-order valence-electron chi connectivity index (χ4n) is 2.44. The van der Waals surface area contributed by atoms with Crippen LogP contribution < -0.4 is 0 Å².